The van der Waals surface area contributed by atoms with Crippen molar-refractivity contribution in [3.8, 4) is 0 Å². The minimum absolute atomic E-state index is 1.01. The Morgan fingerprint density at radius 2 is 1.12 bits per heavy atom. The summed E-state index contributed by atoms with van der Waals surface area (Å²) >= 11 is 0. The number of hydrogen-bond acceptors (Lipinski definition) is 0. The zero-order chi connectivity index (χ0) is 18.7. The second-order valence-electron chi connectivity index (χ2n) is 8.98. The van der Waals surface area contributed by atoms with Crippen LogP contribution in [0.5, 0.6) is 0 Å². The molecule has 0 nitrogen and oxygen atoms in total. The second-order valence-corrected chi connectivity index (χ2v) is 8.98. The van der Waals surface area contributed by atoms with Crippen molar-refractivity contribution in [2.45, 2.75) is 142 Å². The SMILES string of the molecule is CCCCCCCCCCC=CC[C@H]1CCC[C@@H]1CCCCCCCC. The smallest absolute Gasteiger partial charge is 0.0320 e. The first-order valence-electron chi connectivity index (χ1n) is 12.5. The first-order chi connectivity index (χ1) is 12.9. The molecule has 0 aromatic heterocycles. The van der Waals surface area contributed by atoms with Crippen molar-refractivity contribution in [2.24, 2.45) is 11.8 Å². The predicted molar refractivity (Wildman–Crippen MR) is 120 cm³/mol. The van der Waals surface area contributed by atoms with Crippen LogP contribution in [0.4, 0.5) is 0 Å². The summed E-state index contributed by atoms with van der Waals surface area (Å²) in [5, 5.41) is 0. The van der Waals surface area contributed by atoms with E-state index in [4.69, 9.17) is 0 Å². The quantitative estimate of drug-likeness (QED) is 0.168. The van der Waals surface area contributed by atoms with Gasteiger partial charge in [-0.15, -0.1) is 0 Å². The lowest BCUT2D eigenvalue weighted by molar-refractivity contribution is 0.352. The summed E-state index contributed by atoms with van der Waals surface area (Å²) in [4.78, 5) is 0. The summed E-state index contributed by atoms with van der Waals surface area (Å²) < 4.78 is 0. The molecule has 0 aromatic carbocycles. The highest BCUT2D eigenvalue weighted by molar-refractivity contribution is 4.88. The summed E-state index contributed by atoms with van der Waals surface area (Å²) in [6.45, 7) is 4.61. The summed E-state index contributed by atoms with van der Waals surface area (Å²) in [5.74, 6) is 2.06. The van der Waals surface area contributed by atoms with Crippen molar-refractivity contribution < 1.29 is 0 Å². The van der Waals surface area contributed by atoms with E-state index in [1.54, 1.807) is 0 Å². The van der Waals surface area contributed by atoms with Crippen LogP contribution in [0.15, 0.2) is 12.2 Å². The van der Waals surface area contributed by atoms with Crippen LogP contribution >= 0.6 is 0 Å². The van der Waals surface area contributed by atoms with Crippen molar-refractivity contribution in [1.82, 2.24) is 0 Å². The molecule has 0 heterocycles. The summed E-state index contributed by atoms with van der Waals surface area (Å²) in [6.07, 6.45) is 34.0. The van der Waals surface area contributed by atoms with Crippen LogP contribution in [-0.2, 0) is 0 Å². The molecule has 1 saturated carbocycles. The van der Waals surface area contributed by atoms with E-state index in [0.717, 1.165) is 11.8 Å². The Bertz CT molecular complexity index is 303. The van der Waals surface area contributed by atoms with Crippen LogP contribution in [0.25, 0.3) is 0 Å². The average molecular weight is 363 g/mol. The fourth-order valence-electron chi connectivity index (χ4n) is 4.78. The molecular formula is C26H50. The Hall–Kier alpha value is -0.260. The highest BCUT2D eigenvalue weighted by Crippen LogP contribution is 2.37. The van der Waals surface area contributed by atoms with Gasteiger partial charge in [-0.1, -0.05) is 129 Å². The van der Waals surface area contributed by atoms with Gasteiger partial charge in [-0.05, 0) is 37.5 Å². The molecule has 0 amide bonds. The van der Waals surface area contributed by atoms with Gasteiger partial charge in [-0.3, -0.25) is 0 Å². The highest BCUT2D eigenvalue weighted by atomic mass is 14.3. The third kappa shape index (κ3) is 13.0. The maximum Gasteiger partial charge on any atom is -0.0320 e. The van der Waals surface area contributed by atoms with Gasteiger partial charge in [0.2, 0.25) is 0 Å². The van der Waals surface area contributed by atoms with Crippen molar-refractivity contribution >= 4 is 0 Å². The number of unbranched alkanes of at least 4 members (excludes halogenated alkanes) is 13. The van der Waals surface area contributed by atoms with Gasteiger partial charge in [-0.2, -0.15) is 0 Å². The molecule has 0 saturated heterocycles. The first kappa shape index (κ1) is 23.8. The largest absolute Gasteiger partial charge is 0.0885 e. The topological polar surface area (TPSA) is 0 Å². The van der Waals surface area contributed by atoms with E-state index < -0.39 is 0 Å². The molecule has 0 unspecified atom stereocenters. The van der Waals surface area contributed by atoms with E-state index in [1.807, 2.05) is 0 Å². The van der Waals surface area contributed by atoms with Crippen molar-refractivity contribution in [3.63, 3.8) is 0 Å². The Balaban J connectivity index is 1.95. The zero-order valence-corrected chi connectivity index (χ0v) is 18.5. The Morgan fingerprint density at radius 3 is 1.77 bits per heavy atom. The molecule has 1 rings (SSSR count). The van der Waals surface area contributed by atoms with Gasteiger partial charge in [-0.25, -0.2) is 0 Å². The number of rotatable bonds is 18. The van der Waals surface area contributed by atoms with E-state index in [1.165, 1.54) is 128 Å². The first-order valence-corrected chi connectivity index (χ1v) is 12.5. The molecule has 0 heteroatoms. The third-order valence-electron chi connectivity index (χ3n) is 6.57. The zero-order valence-electron chi connectivity index (χ0n) is 18.5. The molecule has 0 bridgehead atoms. The van der Waals surface area contributed by atoms with Crippen molar-refractivity contribution in [3.05, 3.63) is 12.2 Å². The van der Waals surface area contributed by atoms with E-state index in [9.17, 15) is 0 Å². The summed E-state index contributed by atoms with van der Waals surface area (Å²) in [7, 11) is 0. The third-order valence-corrected chi connectivity index (χ3v) is 6.57. The van der Waals surface area contributed by atoms with Gasteiger partial charge in [0.25, 0.3) is 0 Å². The summed E-state index contributed by atoms with van der Waals surface area (Å²) in [5.41, 5.74) is 0. The molecule has 1 fully saturated rings. The van der Waals surface area contributed by atoms with Gasteiger partial charge in [0.05, 0.1) is 0 Å². The predicted octanol–water partition coefficient (Wildman–Crippen LogP) is 9.63. The van der Waals surface area contributed by atoms with Gasteiger partial charge in [0, 0.05) is 0 Å². The molecule has 0 spiro atoms. The van der Waals surface area contributed by atoms with E-state index in [-0.39, 0.29) is 0 Å². The van der Waals surface area contributed by atoms with Gasteiger partial charge in [0.1, 0.15) is 0 Å². The van der Waals surface area contributed by atoms with Crippen LogP contribution in [0.1, 0.15) is 142 Å². The molecule has 26 heavy (non-hydrogen) atoms. The lowest BCUT2D eigenvalue weighted by atomic mass is 9.88. The normalized spacial score (nSPS) is 20.4. The highest BCUT2D eigenvalue weighted by Gasteiger charge is 2.25. The Labute approximate surface area is 166 Å². The molecular weight excluding hydrogens is 312 g/mol. The minimum Gasteiger partial charge on any atom is -0.0885 e. The lowest BCUT2D eigenvalue weighted by Gasteiger charge is -2.18. The molecule has 2 atom stereocenters. The van der Waals surface area contributed by atoms with Crippen LogP contribution in [0.2, 0.25) is 0 Å². The van der Waals surface area contributed by atoms with E-state index in [0.29, 0.717) is 0 Å². The lowest BCUT2D eigenvalue weighted by Crippen LogP contribution is -2.07. The molecule has 0 aromatic rings. The van der Waals surface area contributed by atoms with Gasteiger partial charge < -0.3 is 0 Å². The molecule has 1 aliphatic carbocycles. The number of allylic oxidation sites excluding steroid dienone is 2. The Kier molecular flexibility index (Phi) is 16.6. The van der Waals surface area contributed by atoms with E-state index in [2.05, 4.69) is 26.0 Å². The molecule has 1 aliphatic rings. The van der Waals surface area contributed by atoms with Gasteiger partial charge in [0.15, 0.2) is 0 Å². The second kappa shape index (κ2) is 18.1. The molecule has 0 N–H and O–H groups in total. The minimum atomic E-state index is 1.01. The van der Waals surface area contributed by atoms with E-state index >= 15 is 0 Å². The fourth-order valence-corrected chi connectivity index (χ4v) is 4.78. The molecule has 154 valence electrons. The molecule has 0 radical (unpaired) electrons. The Morgan fingerprint density at radius 1 is 0.577 bits per heavy atom. The van der Waals surface area contributed by atoms with Crippen LogP contribution < -0.4 is 0 Å². The maximum absolute atomic E-state index is 2.53. The van der Waals surface area contributed by atoms with Crippen LogP contribution in [0, 0.1) is 11.8 Å². The number of hydrogen-bond donors (Lipinski definition) is 0. The standard InChI is InChI=1S/C26H50/c1-3-5-7-9-11-12-13-14-15-17-19-22-26-24-20-23-25(26)21-18-16-10-8-6-4-2/h17,19,25-26H,3-16,18,20-24H2,1-2H3/t25-,26-/m0/s1. The molecule has 0 aliphatic heterocycles. The van der Waals surface area contributed by atoms with Crippen molar-refractivity contribution in [1.29, 1.82) is 0 Å². The van der Waals surface area contributed by atoms with Crippen molar-refractivity contribution in [2.75, 3.05) is 0 Å². The monoisotopic (exact) mass is 362 g/mol. The van der Waals surface area contributed by atoms with Crippen LogP contribution in [-0.4, -0.2) is 0 Å². The fraction of sp³-hybridized carbons (Fsp3) is 0.923. The summed E-state index contributed by atoms with van der Waals surface area (Å²) in [6, 6.07) is 0. The maximum atomic E-state index is 2.53. The van der Waals surface area contributed by atoms with Crippen LogP contribution in [0.3, 0.4) is 0 Å². The van der Waals surface area contributed by atoms with Gasteiger partial charge >= 0.3 is 0 Å². The average Bonchev–Trinajstić information content (AvgIpc) is 3.10.